The van der Waals surface area contributed by atoms with Gasteiger partial charge in [0.2, 0.25) is 11.8 Å². The first kappa shape index (κ1) is 23.3. The molecule has 34 heavy (non-hydrogen) atoms. The maximum Gasteiger partial charge on any atom is 0.259 e. The molecule has 1 unspecified atom stereocenters. The van der Waals surface area contributed by atoms with Crippen LogP contribution in [0.1, 0.15) is 22.8 Å². The second kappa shape index (κ2) is 10.4. The molecule has 1 atom stereocenters. The minimum Gasteiger partial charge on any atom is -0.497 e. The van der Waals surface area contributed by atoms with Gasteiger partial charge in [-0.15, -0.1) is 5.10 Å². The molecule has 180 valence electrons. The summed E-state index contributed by atoms with van der Waals surface area (Å²) in [5.74, 6) is 2.37. The fourth-order valence-electron chi connectivity index (χ4n) is 3.57. The molecule has 1 aromatic carbocycles. The van der Waals surface area contributed by atoms with Crippen molar-refractivity contribution in [3.8, 4) is 17.4 Å². The van der Waals surface area contributed by atoms with Gasteiger partial charge in [-0.05, 0) is 31.7 Å². The van der Waals surface area contributed by atoms with Crippen LogP contribution in [-0.4, -0.2) is 77.9 Å². The predicted molar refractivity (Wildman–Crippen MR) is 127 cm³/mol. The van der Waals surface area contributed by atoms with E-state index in [0.29, 0.717) is 40.8 Å². The average molecular weight is 468 g/mol. The summed E-state index contributed by atoms with van der Waals surface area (Å²) in [5.41, 5.74) is 1.21. The van der Waals surface area contributed by atoms with Gasteiger partial charge >= 0.3 is 0 Å². The third kappa shape index (κ3) is 5.54. The van der Waals surface area contributed by atoms with Crippen LogP contribution in [0.4, 0.5) is 11.8 Å². The van der Waals surface area contributed by atoms with E-state index in [1.54, 1.807) is 26.4 Å². The van der Waals surface area contributed by atoms with Crippen molar-refractivity contribution in [1.82, 2.24) is 25.1 Å². The fraction of sp³-hybridized carbons (Fsp3) is 0.391. The van der Waals surface area contributed by atoms with Crippen molar-refractivity contribution in [2.24, 2.45) is 0 Å². The number of aromatic amines is 1. The van der Waals surface area contributed by atoms with Crippen LogP contribution in [0.15, 0.2) is 36.7 Å². The van der Waals surface area contributed by atoms with Crippen LogP contribution < -0.4 is 24.4 Å². The Kier molecular flexibility index (Phi) is 7.12. The summed E-state index contributed by atoms with van der Waals surface area (Å²) in [4.78, 5) is 25.8. The second-order valence-electron chi connectivity index (χ2n) is 8.13. The predicted octanol–water partition coefficient (Wildman–Crippen LogP) is 2.19. The molecule has 2 aromatic heterocycles. The number of piperazine rings is 1. The zero-order valence-electron chi connectivity index (χ0n) is 19.7. The molecule has 1 aliphatic rings. The number of benzene rings is 1. The molecule has 2 N–H and O–H groups in total. The van der Waals surface area contributed by atoms with E-state index < -0.39 is 0 Å². The van der Waals surface area contributed by atoms with Crippen LogP contribution in [0.5, 0.6) is 17.4 Å². The van der Waals surface area contributed by atoms with Gasteiger partial charge in [0.1, 0.15) is 23.9 Å². The van der Waals surface area contributed by atoms with Crippen molar-refractivity contribution in [3.63, 3.8) is 0 Å². The van der Waals surface area contributed by atoms with Gasteiger partial charge in [-0.25, -0.2) is 9.97 Å². The normalized spacial score (nSPS) is 16.2. The monoisotopic (exact) mass is 467 g/mol. The zero-order valence-corrected chi connectivity index (χ0v) is 19.7. The molecule has 1 saturated heterocycles. The van der Waals surface area contributed by atoms with E-state index in [0.717, 1.165) is 25.2 Å². The standard InChI is InChI=1S/C23H29N7O4/c1-15-13-30(6-5-29(15)2)23-24-11-17(12-25-23)22(31)26-20-10-21(28-27-20)34-14-16-7-18(32-3)9-19(8-16)33-4/h7-12,15H,5-6,13-14H2,1-4H3,(H2,26,27,28,31). The number of likely N-dealkylation sites (N-methyl/N-ethyl adjacent to an activating group) is 1. The Morgan fingerprint density at radius 2 is 1.82 bits per heavy atom. The van der Waals surface area contributed by atoms with Crippen LogP contribution in [0.25, 0.3) is 0 Å². The van der Waals surface area contributed by atoms with E-state index in [4.69, 9.17) is 14.2 Å². The molecule has 3 heterocycles. The quantitative estimate of drug-likeness (QED) is 0.514. The third-order valence-corrected chi connectivity index (χ3v) is 5.74. The summed E-state index contributed by atoms with van der Waals surface area (Å²) < 4.78 is 16.3. The molecule has 1 amide bonds. The molecule has 0 spiro atoms. The molecule has 0 aliphatic carbocycles. The number of anilines is 2. The summed E-state index contributed by atoms with van der Waals surface area (Å²) in [7, 11) is 5.29. The summed E-state index contributed by atoms with van der Waals surface area (Å²) >= 11 is 0. The van der Waals surface area contributed by atoms with Gasteiger partial charge in [0.05, 0.1) is 19.8 Å². The molecule has 4 rings (SSSR count). The van der Waals surface area contributed by atoms with Gasteiger partial charge in [-0.1, -0.05) is 0 Å². The number of nitrogens with one attached hydrogen (secondary N) is 2. The van der Waals surface area contributed by atoms with Gasteiger partial charge in [0, 0.05) is 50.2 Å². The van der Waals surface area contributed by atoms with Crippen LogP contribution in [0.2, 0.25) is 0 Å². The van der Waals surface area contributed by atoms with Crippen molar-refractivity contribution in [3.05, 3.63) is 47.8 Å². The highest BCUT2D eigenvalue weighted by molar-refractivity contribution is 6.03. The van der Waals surface area contributed by atoms with Crippen LogP contribution in [0, 0.1) is 0 Å². The number of hydrogen-bond donors (Lipinski definition) is 2. The lowest BCUT2D eigenvalue weighted by Gasteiger charge is -2.37. The molecule has 1 aliphatic heterocycles. The summed E-state index contributed by atoms with van der Waals surface area (Å²) in [6.07, 6.45) is 3.06. The summed E-state index contributed by atoms with van der Waals surface area (Å²) in [6, 6.07) is 7.52. The lowest BCUT2D eigenvalue weighted by atomic mass is 10.2. The van der Waals surface area contributed by atoms with Crippen LogP contribution in [0.3, 0.4) is 0 Å². The van der Waals surface area contributed by atoms with Gasteiger partial charge in [-0.2, -0.15) is 0 Å². The lowest BCUT2D eigenvalue weighted by molar-refractivity contribution is 0.102. The minimum atomic E-state index is -0.342. The lowest BCUT2D eigenvalue weighted by Crippen LogP contribution is -2.50. The van der Waals surface area contributed by atoms with E-state index in [2.05, 4.69) is 49.3 Å². The van der Waals surface area contributed by atoms with E-state index in [1.807, 2.05) is 12.1 Å². The summed E-state index contributed by atoms with van der Waals surface area (Å²) in [6.45, 7) is 5.08. The van der Waals surface area contributed by atoms with Gasteiger partial charge in [0.25, 0.3) is 5.91 Å². The SMILES string of the molecule is COc1cc(COc2cc(NC(=O)c3cnc(N4CCN(C)C(C)C4)nc3)[nH]n2)cc(OC)c1. The van der Waals surface area contributed by atoms with E-state index >= 15 is 0 Å². The Bertz CT molecular complexity index is 1100. The van der Waals surface area contributed by atoms with Gasteiger partial charge in [-0.3, -0.25) is 9.89 Å². The summed E-state index contributed by atoms with van der Waals surface area (Å²) in [5, 5.41) is 9.58. The largest absolute Gasteiger partial charge is 0.497 e. The molecule has 0 radical (unpaired) electrons. The Morgan fingerprint density at radius 3 is 2.47 bits per heavy atom. The maximum atomic E-state index is 12.6. The molecular weight excluding hydrogens is 438 g/mol. The Balaban J connectivity index is 1.33. The van der Waals surface area contributed by atoms with E-state index in [9.17, 15) is 4.79 Å². The molecule has 1 fully saturated rings. The Labute approximate surface area is 198 Å². The number of methoxy groups -OCH3 is 2. The number of carbonyl (C=O) groups excluding carboxylic acids is 1. The number of hydrogen-bond acceptors (Lipinski definition) is 9. The average Bonchev–Trinajstić information content (AvgIpc) is 3.31. The topological polar surface area (TPSA) is 118 Å². The zero-order chi connectivity index (χ0) is 24.1. The number of aromatic nitrogens is 4. The molecule has 0 bridgehead atoms. The highest BCUT2D eigenvalue weighted by Gasteiger charge is 2.22. The number of ether oxygens (including phenoxy) is 3. The second-order valence-corrected chi connectivity index (χ2v) is 8.13. The van der Waals surface area contributed by atoms with Crippen molar-refractivity contribution < 1.29 is 19.0 Å². The van der Waals surface area contributed by atoms with E-state index in [1.165, 1.54) is 12.4 Å². The molecule has 3 aromatic rings. The van der Waals surface area contributed by atoms with Crippen molar-refractivity contribution in [1.29, 1.82) is 0 Å². The van der Waals surface area contributed by atoms with Gasteiger partial charge in [0.15, 0.2) is 0 Å². The van der Waals surface area contributed by atoms with Gasteiger partial charge < -0.3 is 29.3 Å². The fourth-order valence-corrected chi connectivity index (χ4v) is 3.57. The first-order valence-corrected chi connectivity index (χ1v) is 10.9. The third-order valence-electron chi connectivity index (χ3n) is 5.74. The number of carbonyl (C=O) groups is 1. The van der Waals surface area contributed by atoms with Crippen LogP contribution in [-0.2, 0) is 6.61 Å². The first-order chi connectivity index (χ1) is 16.4. The number of rotatable bonds is 8. The maximum absolute atomic E-state index is 12.6. The highest BCUT2D eigenvalue weighted by Crippen LogP contribution is 2.24. The van der Waals surface area contributed by atoms with E-state index in [-0.39, 0.29) is 12.5 Å². The Morgan fingerprint density at radius 1 is 1.12 bits per heavy atom. The number of nitrogens with zero attached hydrogens (tertiary/aromatic N) is 5. The molecule has 11 nitrogen and oxygen atoms in total. The number of amides is 1. The van der Waals surface area contributed by atoms with Crippen molar-refractivity contribution in [2.45, 2.75) is 19.6 Å². The molecular formula is C23H29N7O4. The number of H-pyrrole nitrogens is 1. The first-order valence-electron chi connectivity index (χ1n) is 10.9. The van der Waals surface area contributed by atoms with Crippen molar-refractivity contribution >= 4 is 17.7 Å². The molecule has 11 heteroatoms. The minimum absolute atomic E-state index is 0.256. The molecule has 0 saturated carbocycles. The smallest absolute Gasteiger partial charge is 0.259 e. The van der Waals surface area contributed by atoms with Crippen molar-refractivity contribution in [2.75, 3.05) is 51.1 Å². The Hall–Kier alpha value is -3.86. The van der Waals surface area contributed by atoms with Crippen LogP contribution >= 0.6 is 0 Å². The highest BCUT2D eigenvalue weighted by atomic mass is 16.5.